The Labute approximate surface area is 164 Å². The highest BCUT2D eigenvalue weighted by molar-refractivity contribution is 5.78. The van der Waals surface area contributed by atoms with Gasteiger partial charge in [-0.3, -0.25) is 0 Å². The summed E-state index contributed by atoms with van der Waals surface area (Å²) in [4.78, 5) is 14.0. The van der Waals surface area contributed by atoms with Crippen molar-refractivity contribution in [3.8, 4) is 11.1 Å². The number of piperazine rings is 1. The number of nitrogens with zero attached hydrogens (tertiary/aromatic N) is 6. The monoisotopic (exact) mass is 370 g/mol. The average molecular weight is 370 g/mol. The number of anilines is 2. The zero-order chi connectivity index (χ0) is 18.9. The van der Waals surface area contributed by atoms with Crippen molar-refractivity contribution in [2.45, 2.75) is 6.92 Å². The van der Waals surface area contributed by atoms with Crippen LogP contribution in [-0.2, 0) is 0 Å². The molecule has 4 aromatic rings. The van der Waals surface area contributed by atoms with E-state index >= 15 is 0 Å². The van der Waals surface area contributed by atoms with Crippen LogP contribution in [0.15, 0.2) is 67.0 Å². The van der Waals surface area contributed by atoms with E-state index in [2.05, 4.69) is 51.1 Å². The van der Waals surface area contributed by atoms with Crippen molar-refractivity contribution in [3.63, 3.8) is 0 Å². The SMILES string of the molecule is Cc1cc(N2CCN(c3ccccn3)CC2)n2ncc(-c3ccccc3)c2n1. The zero-order valence-corrected chi connectivity index (χ0v) is 15.9. The maximum atomic E-state index is 4.78. The van der Waals surface area contributed by atoms with E-state index in [4.69, 9.17) is 4.98 Å². The number of hydrogen-bond acceptors (Lipinski definition) is 5. The lowest BCUT2D eigenvalue weighted by Gasteiger charge is -2.36. The van der Waals surface area contributed by atoms with Crippen molar-refractivity contribution in [2.75, 3.05) is 36.0 Å². The molecule has 1 saturated heterocycles. The van der Waals surface area contributed by atoms with Gasteiger partial charge in [0, 0.05) is 49.7 Å². The molecule has 0 aliphatic carbocycles. The van der Waals surface area contributed by atoms with Crippen molar-refractivity contribution in [1.29, 1.82) is 0 Å². The molecule has 28 heavy (non-hydrogen) atoms. The van der Waals surface area contributed by atoms with Crippen LogP contribution in [0, 0.1) is 6.92 Å². The summed E-state index contributed by atoms with van der Waals surface area (Å²) in [5.74, 6) is 2.15. The molecule has 0 radical (unpaired) electrons. The van der Waals surface area contributed by atoms with E-state index in [0.717, 1.165) is 60.3 Å². The lowest BCUT2D eigenvalue weighted by atomic mass is 10.1. The molecule has 0 unspecified atom stereocenters. The van der Waals surface area contributed by atoms with Crippen molar-refractivity contribution < 1.29 is 0 Å². The summed E-state index contributed by atoms with van der Waals surface area (Å²) in [6, 6.07) is 18.5. The third-order valence-electron chi connectivity index (χ3n) is 5.24. The maximum absolute atomic E-state index is 4.78. The molecule has 1 fully saturated rings. The zero-order valence-electron chi connectivity index (χ0n) is 15.9. The van der Waals surface area contributed by atoms with Crippen LogP contribution in [0.4, 0.5) is 11.6 Å². The number of rotatable bonds is 3. The lowest BCUT2D eigenvalue weighted by molar-refractivity contribution is 0.633. The Bertz CT molecular complexity index is 1080. The number of fused-ring (bicyclic) bond motifs is 1. The normalized spacial score (nSPS) is 14.6. The molecular formula is C22H22N6. The van der Waals surface area contributed by atoms with Crippen molar-refractivity contribution in [3.05, 3.63) is 72.7 Å². The fraction of sp³-hybridized carbons (Fsp3) is 0.227. The van der Waals surface area contributed by atoms with E-state index in [0.29, 0.717) is 0 Å². The van der Waals surface area contributed by atoms with Crippen LogP contribution in [-0.4, -0.2) is 45.8 Å². The van der Waals surface area contributed by atoms with E-state index in [-0.39, 0.29) is 0 Å². The van der Waals surface area contributed by atoms with Gasteiger partial charge in [-0.1, -0.05) is 36.4 Å². The summed E-state index contributed by atoms with van der Waals surface area (Å²) in [6.45, 7) is 5.78. The molecule has 140 valence electrons. The second kappa shape index (κ2) is 6.96. The van der Waals surface area contributed by atoms with E-state index in [1.165, 1.54) is 0 Å². The second-order valence-electron chi connectivity index (χ2n) is 7.08. The molecule has 6 nitrogen and oxygen atoms in total. The Kier molecular flexibility index (Phi) is 4.16. The summed E-state index contributed by atoms with van der Waals surface area (Å²) in [5, 5.41) is 4.68. The van der Waals surface area contributed by atoms with Gasteiger partial charge >= 0.3 is 0 Å². The van der Waals surface area contributed by atoms with Gasteiger partial charge in [-0.05, 0) is 24.6 Å². The van der Waals surface area contributed by atoms with Gasteiger partial charge in [0.1, 0.15) is 11.6 Å². The van der Waals surface area contributed by atoms with Crippen molar-refractivity contribution >= 4 is 17.3 Å². The molecule has 0 bridgehead atoms. The lowest BCUT2D eigenvalue weighted by Crippen LogP contribution is -2.47. The van der Waals surface area contributed by atoms with Crippen LogP contribution in [0.3, 0.4) is 0 Å². The number of aryl methyl sites for hydroxylation is 1. The van der Waals surface area contributed by atoms with Gasteiger partial charge in [0.15, 0.2) is 5.65 Å². The van der Waals surface area contributed by atoms with E-state index in [9.17, 15) is 0 Å². The Morgan fingerprint density at radius 1 is 0.857 bits per heavy atom. The standard InChI is InChI=1S/C22H22N6/c1-17-15-21(27-13-11-26(12-14-27)20-9-5-6-10-23-20)28-22(25-17)19(16-24-28)18-7-3-2-4-8-18/h2-10,15-16H,11-14H2,1H3. The summed E-state index contributed by atoms with van der Waals surface area (Å²) >= 11 is 0. The minimum absolute atomic E-state index is 0.911. The first-order chi connectivity index (χ1) is 13.8. The molecule has 0 amide bonds. The van der Waals surface area contributed by atoms with Gasteiger partial charge in [-0.25, -0.2) is 9.97 Å². The third-order valence-corrected chi connectivity index (χ3v) is 5.24. The Balaban J connectivity index is 1.46. The molecule has 1 aliphatic rings. The third kappa shape index (κ3) is 2.97. The maximum Gasteiger partial charge on any atom is 0.165 e. The van der Waals surface area contributed by atoms with Crippen LogP contribution < -0.4 is 9.80 Å². The molecule has 0 spiro atoms. The number of aromatic nitrogens is 4. The molecule has 3 aromatic heterocycles. The predicted molar refractivity (Wildman–Crippen MR) is 112 cm³/mol. The first kappa shape index (κ1) is 16.7. The Hall–Kier alpha value is -3.41. The Morgan fingerprint density at radius 3 is 2.36 bits per heavy atom. The van der Waals surface area contributed by atoms with Crippen LogP contribution in [0.1, 0.15) is 5.69 Å². The second-order valence-corrected chi connectivity index (χ2v) is 7.08. The largest absolute Gasteiger partial charge is 0.353 e. The molecule has 0 saturated carbocycles. The molecule has 0 N–H and O–H groups in total. The van der Waals surface area contributed by atoms with Gasteiger partial charge < -0.3 is 9.80 Å². The summed E-state index contributed by atoms with van der Waals surface area (Å²) in [6.07, 6.45) is 3.77. The average Bonchev–Trinajstić information content (AvgIpc) is 3.18. The molecule has 6 heteroatoms. The van der Waals surface area contributed by atoms with Gasteiger partial charge in [-0.15, -0.1) is 0 Å². The van der Waals surface area contributed by atoms with Crippen molar-refractivity contribution in [2.24, 2.45) is 0 Å². The van der Waals surface area contributed by atoms with E-state index in [1.807, 2.05) is 47.2 Å². The minimum atomic E-state index is 0.911. The highest BCUT2D eigenvalue weighted by Gasteiger charge is 2.22. The highest BCUT2D eigenvalue weighted by atomic mass is 15.4. The first-order valence-corrected chi connectivity index (χ1v) is 9.61. The fourth-order valence-corrected chi connectivity index (χ4v) is 3.82. The van der Waals surface area contributed by atoms with Gasteiger partial charge in [0.25, 0.3) is 0 Å². The van der Waals surface area contributed by atoms with Gasteiger partial charge in [0.2, 0.25) is 0 Å². The molecule has 5 rings (SSSR count). The fourth-order valence-electron chi connectivity index (χ4n) is 3.82. The quantitative estimate of drug-likeness (QED) is 0.553. The van der Waals surface area contributed by atoms with Gasteiger partial charge in [-0.2, -0.15) is 9.61 Å². The van der Waals surface area contributed by atoms with Crippen molar-refractivity contribution in [1.82, 2.24) is 19.6 Å². The van der Waals surface area contributed by atoms with Crippen LogP contribution in [0.25, 0.3) is 16.8 Å². The number of pyridine rings is 1. The summed E-state index contributed by atoms with van der Waals surface area (Å²) in [7, 11) is 0. The predicted octanol–water partition coefficient (Wildman–Crippen LogP) is 3.43. The van der Waals surface area contributed by atoms with Crippen LogP contribution in [0.5, 0.6) is 0 Å². The highest BCUT2D eigenvalue weighted by Crippen LogP contribution is 2.27. The topological polar surface area (TPSA) is 49.6 Å². The van der Waals surface area contributed by atoms with Gasteiger partial charge in [0.05, 0.1) is 6.20 Å². The molecule has 4 heterocycles. The number of hydrogen-bond donors (Lipinski definition) is 0. The smallest absolute Gasteiger partial charge is 0.165 e. The van der Waals surface area contributed by atoms with Crippen LogP contribution in [0.2, 0.25) is 0 Å². The van der Waals surface area contributed by atoms with E-state index in [1.54, 1.807) is 0 Å². The van der Waals surface area contributed by atoms with E-state index < -0.39 is 0 Å². The Morgan fingerprint density at radius 2 is 1.61 bits per heavy atom. The minimum Gasteiger partial charge on any atom is -0.353 e. The summed E-state index contributed by atoms with van der Waals surface area (Å²) in [5.41, 5.74) is 4.12. The first-order valence-electron chi connectivity index (χ1n) is 9.61. The molecular weight excluding hydrogens is 348 g/mol. The number of benzene rings is 1. The van der Waals surface area contributed by atoms with Crippen LogP contribution >= 0.6 is 0 Å². The summed E-state index contributed by atoms with van der Waals surface area (Å²) < 4.78 is 1.98. The molecule has 1 aliphatic heterocycles. The molecule has 1 aromatic carbocycles. The molecule has 0 atom stereocenters.